The van der Waals surface area contributed by atoms with Crippen molar-refractivity contribution in [2.24, 2.45) is 4.99 Å². The van der Waals surface area contributed by atoms with E-state index in [9.17, 15) is 0 Å². The molecule has 0 atom stereocenters. The van der Waals surface area contributed by atoms with Crippen LogP contribution in [-0.4, -0.2) is 51.1 Å². The van der Waals surface area contributed by atoms with Gasteiger partial charge in [0.25, 0.3) is 0 Å². The van der Waals surface area contributed by atoms with Crippen molar-refractivity contribution in [1.82, 2.24) is 15.3 Å². The van der Waals surface area contributed by atoms with Crippen LogP contribution >= 0.6 is 0 Å². The lowest BCUT2D eigenvalue weighted by atomic mass is 10.7. The van der Waals surface area contributed by atoms with E-state index in [-0.39, 0.29) is 0 Å². The standard InChI is InChI=1S/C6H16N4/c1-7-6(9(3)4)10(5)8-2/h8H,1-5H3. The summed E-state index contributed by atoms with van der Waals surface area (Å²) in [5.74, 6) is 0.905. The lowest BCUT2D eigenvalue weighted by Crippen LogP contribution is -2.44. The number of aliphatic imine (C=N–C) groups is 1. The molecule has 0 saturated heterocycles. The second-order valence-electron chi connectivity index (χ2n) is 2.20. The van der Waals surface area contributed by atoms with Crippen LogP contribution in [0.5, 0.6) is 0 Å². The van der Waals surface area contributed by atoms with Gasteiger partial charge in [0.05, 0.1) is 0 Å². The minimum atomic E-state index is 0.905. The molecular formula is C6H16N4. The number of hydrogen-bond donors (Lipinski definition) is 1. The normalized spacial score (nSPS) is 11.5. The highest BCUT2D eigenvalue weighted by atomic mass is 15.6. The van der Waals surface area contributed by atoms with Gasteiger partial charge in [0.15, 0.2) is 0 Å². The van der Waals surface area contributed by atoms with E-state index in [4.69, 9.17) is 0 Å². The van der Waals surface area contributed by atoms with Crippen LogP contribution in [0, 0.1) is 0 Å². The molecule has 0 radical (unpaired) electrons. The van der Waals surface area contributed by atoms with E-state index in [0.29, 0.717) is 0 Å². The van der Waals surface area contributed by atoms with Crippen molar-refractivity contribution >= 4 is 5.96 Å². The van der Waals surface area contributed by atoms with Gasteiger partial charge in [-0.3, -0.25) is 10.0 Å². The van der Waals surface area contributed by atoms with Crippen molar-refractivity contribution in [3.05, 3.63) is 0 Å². The molecule has 0 amide bonds. The maximum Gasteiger partial charge on any atom is 0.210 e. The molecular weight excluding hydrogens is 128 g/mol. The molecule has 0 aromatic heterocycles. The first kappa shape index (κ1) is 9.23. The highest BCUT2D eigenvalue weighted by molar-refractivity contribution is 5.78. The van der Waals surface area contributed by atoms with Crippen LogP contribution in [0.2, 0.25) is 0 Å². The molecule has 0 aliphatic rings. The van der Waals surface area contributed by atoms with Gasteiger partial charge in [-0.25, -0.2) is 5.43 Å². The van der Waals surface area contributed by atoms with Crippen LogP contribution < -0.4 is 5.43 Å². The zero-order chi connectivity index (χ0) is 8.15. The average Bonchev–Trinajstić information content (AvgIpc) is 1.88. The van der Waals surface area contributed by atoms with Crippen LogP contribution in [0.1, 0.15) is 0 Å². The predicted molar refractivity (Wildman–Crippen MR) is 43.9 cm³/mol. The van der Waals surface area contributed by atoms with E-state index in [2.05, 4.69) is 10.4 Å². The molecule has 0 aromatic carbocycles. The molecule has 0 saturated carbocycles. The monoisotopic (exact) mass is 144 g/mol. The summed E-state index contributed by atoms with van der Waals surface area (Å²) in [4.78, 5) is 6.01. The fourth-order valence-electron chi connectivity index (χ4n) is 0.750. The van der Waals surface area contributed by atoms with Crippen molar-refractivity contribution in [2.45, 2.75) is 0 Å². The molecule has 0 aliphatic carbocycles. The van der Waals surface area contributed by atoms with Crippen LogP contribution in [-0.2, 0) is 0 Å². The second kappa shape index (κ2) is 4.11. The van der Waals surface area contributed by atoms with Crippen LogP contribution in [0.3, 0.4) is 0 Å². The van der Waals surface area contributed by atoms with Crippen LogP contribution in [0.25, 0.3) is 0 Å². The van der Waals surface area contributed by atoms with Gasteiger partial charge in [0, 0.05) is 35.2 Å². The Bertz CT molecular complexity index is 119. The maximum absolute atomic E-state index is 4.06. The van der Waals surface area contributed by atoms with Gasteiger partial charge >= 0.3 is 0 Å². The van der Waals surface area contributed by atoms with E-state index in [1.807, 2.05) is 38.1 Å². The van der Waals surface area contributed by atoms with Crippen molar-refractivity contribution in [2.75, 3.05) is 35.2 Å². The first-order valence-corrected chi connectivity index (χ1v) is 3.18. The van der Waals surface area contributed by atoms with Gasteiger partial charge in [-0.05, 0) is 0 Å². The minimum Gasteiger partial charge on any atom is -0.348 e. The van der Waals surface area contributed by atoms with Crippen LogP contribution in [0.4, 0.5) is 0 Å². The van der Waals surface area contributed by atoms with E-state index < -0.39 is 0 Å². The number of nitrogens with zero attached hydrogens (tertiary/aromatic N) is 3. The summed E-state index contributed by atoms with van der Waals surface area (Å²) < 4.78 is 0. The van der Waals surface area contributed by atoms with Crippen molar-refractivity contribution in [1.29, 1.82) is 0 Å². The molecule has 0 fully saturated rings. The lowest BCUT2D eigenvalue weighted by molar-refractivity contribution is 0.355. The fourth-order valence-corrected chi connectivity index (χ4v) is 0.750. The topological polar surface area (TPSA) is 30.9 Å². The van der Waals surface area contributed by atoms with Gasteiger partial charge in [-0.2, -0.15) is 0 Å². The molecule has 60 valence electrons. The maximum atomic E-state index is 4.06. The third-order valence-corrected chi connectivity index (χ3v) is 1.24. The molecule has 0 unspecified atom stereocenters. The summed E-state index contributed by atoms with van der Waals surface area (Å²) in [6.45, 7) is 0. The van der Waals surface area contributed by atoms with E-state index in [1.54, 1.807) is 7.05 Å². The Morgan fingerprint density at radius 2 is 1.80 bits per heavy atom. The summed E-state index contributed by atoms with van der Waals surface area (Å²) in [6, 6.07) is 0. The van der Waals surface area contributed by atoms with Crippen molar-refractivity contribution in [3.63, 3.8) is 0 Å². The predicted octanol–water partition coefficient (Wildman–Crippen LogP) is -0.400. The number of hydrazine groups is 1. The Morgan fingerprint density at radius 3 is 1.90 bits per heavy atom. The summed E-state index contributed by atoms with van der Waals surface area (Å²) in [5.41, 5.74) is 2.96. The molecule has 0 heterocycles. The van der Waals surface area contributed by atoms with Gasteiger partial charge in [-0.15, -0.1) is 0 Å². The first-order chi connectivity index (χ1) is 4.63. The summed E-state index contributed by atoms with van der Waals surface area (Å²) in [6.07, 6.45) is 0. The number of guanidine groups is 1. The quantitative estimate of drug-likeness (QED) is 0.308. The Kier molecular flexibility index (Phi) is 3.79. The van der Waals surface area contributed by atoms with Crippen molar-refractivity contribution in [3.8, 4) is 0 Å². The molecule has 1 N–H and O–H groups in total. The molecule has 0 bridgehead atoms. The Labute approximate surface area is 62.5 Å². The molecule has 0 aliphatic heterocycles. The third kappa shape index (κ3) is 2.23. The molecule has 0 spiro atoms. The highest BCUT2D eigenvalue weighted by Gasteiger charge is 2.03. The Hall–Kier alpha value is -0.770. The first-order valence-electron chi connectivity index (χ1n) is 3.18. The number of hydrogen-bond acceptors (Lipinski definition) is 2. The summed E-state index contributed by atoms with van der Waals surface area (Å²) in [7, 11) is 9.45. The second-order valence-corrected chi connectivity index (χ2v) is 2.20. The smallest absolute Gasteiger partial charge is 0.210 e. The van der Waals surface area contributed by atoms with E-state index >= 15 is 0 Å². The third-order valence-electron chi connectivity index (χ3n) is 1.24. The summed E-state index contributed by atoms with van der Waals surface area (Å²) >= 11 is 0. The molecule has 0 aromatic rings. The van der Waals surface area contributed by atoms with Gasteiger partial charge in [-0.1, -0.05) is 0 Å². The Balaban J connectivity index is 4.08. The van der Waals surface area contributed by atoms with E-state index in [1.165, 1.54) is 0 Å². The van der Waals surface area contributed by atoms with Crippen molar-refractivity contribution < 1.29 is 0 Å². The minimum absolute atomic E-state index is 0.905. The fraction of sp³-hybridized carbons (Fsp3) is 0.833. The molecule has 10 heavy (non-hydrogen) atoms. The summed E-state index contributed by atoms with van der Waals surface area (Å²) in [5, 5.41) is 1.85. The number of rotatable bonds is 1. The van der Waals surface area contributed by atoms with E-state index in [0.717, 1.165) is 5.96 Å². The average molecular weight is 144 g/mol. The lowest BCUT2D eigenvalue weighted by Gasteiger charge is -2.24. The van der Waals surface area contributed by atoms with Gasteiger partial charge in [0.2, 0.25) is 5.96 Å². The van der Waals surface area contributed by atoms with Gasteiger partial charge in [0.1, 0.15) is 0 Å². The van der Waals surface area contributed by atoms with Crippen LogP contribution in [0.15, 0.2) is 4.99 Å². The highest BCUT2D eigenvalue weighted by Crippen LogP contribution is 1.85. The number of nitrogens with one attached hydrogen (secondary N) is 1. The molecule has 0 rings (SSSR count). The molecule has 4 heteroatoms. The van der Waals surface area contributed by atoms with Gasteiger partial charge < -0.3 is 4.90 Å². The zero-order valence-electron chi connectivity index (χ0n) is 7.34. The Morgan fingerprint density at radius 1 is 1.30 bits per heavy atom. The molecule has 4 nitrogen and oxygen atoms in total. The SMILES string of the molecule is CN=C(N(C)C)N(C)NC. The largest absolute Gasteiger partial charge is 0.348 e. The zero-order valence-corrected chi connectivity index (χ0v) is 7.34.